The Kier molecular flexibility index (Phi) is 7.06. The van der Waals surface area contributed by atoms with Crippen molar-refractivity contribution in [1.29, 1.82) is 0 Å². The Balaban J connectivity index is 1.73. The zero-order valence-corrected chi connectivity index (χ0v) is 17.3. The number of hydrogen-bond donors (Lipinski definition) is 1. The minimum atomic E-state index is -4.63. The maximum atomic E-state index is 13.0. The fraction of sp³-hybridized carbons (Fsp3) is 0.350. The molecule has 0 spiro atoms. The second-order valence-corrected chi connectivity index (χ2v) is 8.75. The van der Waals surface area contributed by atoms with Crippen LogP contribution in [0.5, 0.6) is 5.75 Å². The van der Waals surface area contributed by atoms with Gasteiger partial charge in [-0.15, -0.1) is 4.47 Å². The standard InChI is InChI=1S/C20H19F4NO6S/c21-19(22)20(23,24)31-16-5-1-13(2-6-16)14-3-7-17(8-4-14)32(28,29)25(27)18(26)15-9-11-30-12-10-15/h1-8,15,19,27H,9-12H2. The first-order valence-electron chi connectivity index (χ1n) is 9.43. The van der Waals surface area contributed by atoms with E-state index in [0.717, 1.165) is 12.1 Å². The minimum Gasteiger partial charge on any atom is -0.428 e. The molecule has 1 saturated heterocycles. The molecular weight excluding hydrogens is 458 g/mol. The van der Waals surface area contributed by atoms with Gasteiger partial charge in [0.25, 0.3) is 15.9 Å². The average molecular weight is 477 g/mol. The molecule has 0 unspecified atom stereocenters. The van der Waals surface area contributed by atoms with Crippen LogP contribution < -0.4 is 4.74 Å². The maximum Gasteiger partial charge on any atom is 0.461 e. The van der Waals surface area contributed by atoms with Crippen LogP contribution in [0.3, 0.4) is 0 Å². The smallest absolute Gasteiger partial charge is 0.428 e. The van der Waals surface area contributed by atoms with Crippen LogP contribution in [-0.2, 0) is 19.6 Å². The second-order valence-electron chi connectivity index (χ2n) is 6.99. The van der Waals surface area contributed by atoms with Gasteiger partial charge in [-0.2, -0.15) is 26.0 Å². The van der Waals surface area contributed by atoms with Crippen molar-refractivity contribution >= 4 is 15.9 Å². The minimum absolute atomic E-state index is 0.257. The van der Waals surface area contributed by atoms with E-state index in [9.17, 15) is 36.0 Å². The lowest BCUT2D eigenvalue weighted by Gasteiger charge is -2.24. The second kappa shape index (κ2) is 9.43. The van der Waals surface area contributed by atoms with Gasteiger partial charge in [0.1, 0.15) is 5.75 Å². The van der Waals surface area contributed by atoms with E-state index in [1.165, 1.54) is 36.4 Å². The predicted octanol–water partition coefficient (Wildman–Crippen LogP) is 3.92. The van der Waals surface area contributed by atoms with Crippen LogP contribution in [0.25, 0.3) is 11.1 Å². The largest absolute Gasteiger partial charge is 0.461 e. The lowest BCUT2D eigenvalue weighted by molar-refractivity contribution is -0.253. The predicted molar refractivity (Wildman–Crippen MR) is 103 cm³/mol. The van der Waals surface area contributed by atoms with Crippen molar-refractivity contribution < 1.29 is 45.5 Å². The number of nitrogens with zero attached hydrogens (tertiary/aromatic N) is 1. The highest BCUT2D eigenvalue weighted by Gasteiger charge is 2.44. The molecule has 1 amide bonds. The first-order chi connectivity index (χ1) is 15.0. The summed E-state index contributed by atoms with van der Waals surface area (Å²) >= 11 is 0. The van der Waals surface area contributed by atoms with Crippen molar-refractivity contribution in [2.24, 2.45) is 5.92 Å². The van der Waals surface area contributed by atoms with E-state index in [4.69, 9.17) is 4.74 Å². The molecule has 0 atom stereocenters. The SMILES string of the molecule is O=C(C1CCOCC1)N(O)S(=O)(=O)c1ccc(-c2ccc(OC(F)(F)C(F)F)cc2)cc1. The molecular formula is C20H19F4NO6S. The van der Waals surface area contributed by atoms with Crippen molar-refractivity contribution in [1.82, 2.24) is 4.47 Å². The molecule has 1 heterocycles. The zero-order valence-electron chi connectivity index (χ0n) is 16.5. The fourth-order valence-corrected chi connectivity index (χ4v) is 4.12. The summed E-state index contributed by atoms with van der Waals surface area (Å²) in [6.07, 6.45) is -8.02. The number of hydroxylamine groups is 1. The van der Waals surface area contributed by atoms with Gasteiger partial charge in [-0.3, -0.25) is 10.0 Å². The Morgan fingerprint density at radius 2 is 1.53 bits per heavy atom. The summed E-state index contributed by atoms with van der Waals surface area (Å²) in [7, 11) is -4.50. The van der Waals surface area contributed by atoms with E-state index in [2.05, 4.69) is 4.74 Å². The molecule has 2 aromatic rings. The molecule has 7 nitrogen and oxygen atoms in total. The van der Waals surface area contributed by atoms with Gasteiger partial charge in [0.05, 0.1) is 4.90 Å². The third-order valence-corrected chi connectivity index (χ3v) is 6.34. The van der Waals surface area contributed by atoms with Gasteiger partial charge in [0.2, 0.25) is 0 Å². The van der Waals surface area contributed by atoms with Gasteiger partial charge in [-0.1, -0.05) is 24.3 Å². The quantitative estimate of drug-likeness (QED) is 0.369. The summed E-state index contributed by atoms with van der Waals surface area (Å²) in [5.41, 5.74) is 0.928. The van der Waals surface area contributed by atoms with Crippen molar-refractivity contribution in [2.45, 2.75) is 30.3 Å². The monoisotopic (exact) mass is 477 g/mol. The summed E-state index contributed by atoms with van der Waals surface area (Å²) in [6.45, 7) is 0.588. The Morgan fingerprint density at radius 1 is 1.03 bits per heavy atom. The third-order valence-electron chi connectivity index (χ3n) is 4.83. The number of amides is 1. The highest BCUT2D eigenvalue weighted by atomic mass is 32.2. The molecule has 1 aliphatic heterocycles. The number of sulfonamides is 1. The van der Waals surface area contributed by atoms with Gasteiger partial charge in [0, 0.05) is 19.1 Å². The molecule has 12 heteroatoms. The molecule has 1 N–H and O–H groups in total. The van der Waals surface area contributed by atoms with Crippen LogP contribution in [0.4, 0.5) is 17.6 Å². The van der Waals surface area contributed by atoms with Gasteiger partial charge in [-0.25, -0.2) is 0 Å². The van der Waals surface area contributed by atoms with Crippen LogP contribution in [0.15, 0.2) is 53.4 Å². The Hall–Kier alpha value is -2.70. The van der Waals surface area contributed by atoms with Crippen molar-refractivity contribution in [2.75, 3.05) is 13.2 Å². The third kappa shape index (κ3) is 5.19. The zero-order chi connectivity index (χ0) is 23.5. The van der Waals surface area contributed by atoms with E-state index in [-0.39, 0.29) is 9.36 Å². The first kappa shape index (κ1) is 24.0. The van der Waals surface area contributed by atoms with Crippen molar-refractivity contribution in [3.8, 4) is 16.9 Å². The van der Waals surface area contributed by atoms with Crippen LogP contribution >= 0.6 is 0 Å². The number of rotatable bonds is 7. The molecule has 0 saturated carbocycles. The lowest BCUT2D eigenvalue weighted by Crippen LogP contribution is -2.40. The Bertz CT molecular complexity index is 1040. The Labute approximate surface area is 181 Å². The number of halogens is 4. The highest BCUT2D eigenvalue weighted by Crippen LogP contribution is 2.30. The fourth-order valence-electron chi connectivity index (χ4n) is 3.06. The van der Waals surface area contributed by atoms with Gasteiger partial charge in [-0.05, 0) is 48.2 Å². The van der Waals surface area contributed by atoms with Crippen LogP contribution in [0.1, 0.15) is 12.8 Å². The molecule has 0 radical (unpaired) electrons. The number of carbonyl (C=O) groups is 1. The molecule has 174 valence electrons. The first-order valence-corrected chi connectivity index (χ1v) is 10.9. The highest BCUT2D eigenvalue weighted by molar-refractivity contribution is 7.89. The topological polar surface area (TPSA) is 93.1 Å². The molecule has 1 fully saturated rings. The van der Waals surface area contributed by atoms with Crippen LogP contribution in [-0.4, -0.2) is 49.7 Å². The summed E-state index contributed by atoms with van der Waals surface area (Å²) in [4.78, 5) is 12.0. The van der Waals surface area contributed by atoms with E-state index in [1.807, 2.05) is 0 Å². The molecule has 0 bridgehead atoms. The van der Waals surface area contributed by atoms with Crippen LogP contribution in [0, 0.1) is 5.92 Å². The normalized spacial score (nSPS) is 15.6. The summed E-state index contributed by atoms with van der Waals surface area (Å²) < 4.78 is 84.4. The average Bonchev–Trinajstić information content (AvgIpc) is 2.79. The summed E-state index contributed by atoms with van der Waals surface area (Å²) in [6, 6.07) is 9.88. The molecule has 32 heavy (non-hydrogen) atoms. The van der Waals surface area contributed by atoms with Gasteiger partial charge in [0.15, 0.2) is 0 Å². The van der Waals surface area contributed by atoms with E-state index in [1.54, 1.807) is 0 Å². The van der Waals surface area contributed by atoms with Crippen molar-refractivity contribution in [3.63, 3.8) is 0 Å². The number of benzene rings is 2. The molecule has 0 aliphatic carbocycles. The van der Waals surface area contributed by atoms with E-state index >= 15 is 0 Å². The Morgan fingerprint density at radius 3 is 2.03 bits per heavy atom. The number of alkyl halides is 4. The molecule has 2 aromatic carbocycles. The van der Waals surface area contributed by atoms with Gasteiger partial charge >= 0.3 is 12.5 Å². The molecule has 1 aliphatic rings. The van der Waals surface area contributed by atoms with Crippen molar-refractivity contribution in [3.05, 3.63) is 48.5 Å². The van der Waals surface area contributed by atoms with Gasteiger partial charge < -0.3 is 9.47 Å². The van der Waals surface area contributed by atoms with Crippen LogP contribution in [0.2, 0.25) is 0 Å². The molecule has 0 aromatic heterocycles. The maximum absolute atomic E-state index is 13.0. The number of ether oxygens (including phenoxy) is 2. The molecule has 3 rings (SSSR count). The van der Waals surface area contributed by atoms with E-state index < -0.39 is 40.1 Å². The summed E-state index contributed by atoms with van der Waals surface area (Å²) in [5, 5.41) is 10.0. The summed E-state index contributed by atoms with van der Waals surface area (Å²) in [5.74, 6) is -2.07. The number of carbonyl (C=O) groups excluding carboxylic acids is 1. The lowest BCUT2D eigenvalue weighted by atomic mass is 10.00. The van der Waals surface area contributed by atoms with E-state index in [0.29, 0.717) is 37.2 Å². The number of hydrogen-bond acceptors (Lipinski definition) is 6.